The highest BCUT2D eigenvalue weighted by atomic mass is 16.1. The molecule has 2 aromatic rings. The van der Waals surface area contributed by atoms with Gasteiger partial charge in [-0.25, -0.2) is 4.98 Å². The maximum absolute atomic E-state index is 11.8. The van der Waals surface area contributed by atoms with Crippen molar-refractivity contribution in [3.63, 3.8) is 0 Å². The topological polar surface area (TPSA) is 75.6 Å². The first-order chi connectivity index (χ1) is 7.68. The van der Waals surface area contributed by atoms with E-state index in [-0.39, 0.29) is 5.91 Å². The summed E-state index contributed by atoms with van der Waals surface area (Å²) in [6, 6.07) is 0. The largest absolute Gasteiger partial charge is 0.347 e. The SMILES string of the molecule is Cc1c(C(=O)NCc2ncc[nH]2)cnn1C. The van der Waals surface area contributed by atoms with Crippen LogP contribution in [0.1, 0.15) is 21.9 Å². The van der Waals surface area contributed by atoms with E-state index in [9.17, 15) is 4.79 Å². The molecular weight excluding hydrogens is 206 g/mol. The van der Waals surface area contributed by atoms with Crippen molar-refractivity contribution in [2.45, 2.75) is 13.5 Å². The summed E-state index contributed by atoms with van der Waals surface area (Å²) < 4.78 is 1.67. The van der Waals surface area contributed by atoms with Gasteiger partial charge in [-0.1, -0.05) is 0 Å². The summed E-state index contributed by atoms with van der Waals surface area (Å²) in [5.41, 5.74) is 1.44. The van der Waals surface area contributed by atoms with Gasteiger partial charge < -0.3 is 10.3 Å². The van der Waals surface area contributed by atoms with Gasteiger partial charge in [-0.05, 0) is 6.92 Å². The Morgan fingerprint density at radius 3 is 3.00 bits per heavy atom. The van der Waals surface area contributed by atoms with E-state index in [0.717, 1.165) is 11.5 Å². The summed E-state index contributed by atoms with van der Waals surface area (Å²) in [5.74, 6) is 0.594. The van der Waals surface area contributed by atoms with Crippen LogP contribution in [0, 0.1) is 6.92 Å². The highest BCUT2D eigenvalue weighted by molar-refractivity contribution is 5.94. The van der Waals surface area contributed by atoms with Gasteiger partial charge in [-0.3, -0.25) is 9.48 Å². The number of carbonyl (C=O) groups excluding carboxylic acids is 1. The Hall–Kier alpha value is -2.11. The van der Waals surface area contributed by atoms with Crippen molar-refractivity contribution >= 4 is 5.91 Å². The van der Waals surface area contributed by atoms with Gasteiger partial charge >= 0.3 is 0 Å². The molecule has 0 saturated carbocycles. The fourth-order valence-corrected chi connectivity index (χ4v) is 1.38. The van der Waals surface area contributed by atoms with Crippen molar-refractivity contribution in [2.75, 3.05) is 0 Å². The molecule has 84 valence electrons. The molecule has 0 aliphatic carbocycles. The highest BCUT2D eigenvalue weighted by Gasteiger charge is 2.12. The Labute approximate surface area is 92.7 Å². The number of nitrogens with zero attached hydrogens (tertiary/aromatic N) is 3. The molecule has 0 atom stereocenters. The van der Waals surface area contributed by atoms with Crippen LogP contribution < -0.4 is 5.32 Å². The van der Waals surface area contributed by atoms with Crippen molar-refractivity contribution in [3.05, 3.63) is 35.7 Å². The van der Waals surface area contributed by atoms with Crippen LogP contribution in [-0.4, -0.2) is 25.7 Å². The fourth-order valence-electron chi connectivity index (χ4n) is 1.38. The quantitative estimate of drug-likeness (QED) is 0.783. The average Bonchev–Trinajstić information content (AvgIpc) is 2.88. The number of hydrogen-bond acceptors (Lipinski definition) is 3. The van der Waals surface area contributed by atoms with Crippen LogP contribution in [-0.2, 0) is 13.6 Å². The van der Waals surface area contributed by atoms with Gasteiger partial charge in [0.2, 0.25) is 0 Å². The molecule has 0 fully saturated rings. The predicted molar refractivity (Wildman–Crippen MR) is 57.7 cm³/mol. The molecule has 1 amide bonds. The van der Waals surface area contributed by atoms with Crippen LogP contribution in [0.5, 0.6) is 0 Å². The van der Waals surface area contributed by atoms with E-state index in [2.05, 4.69) is 20.4 Å². The molecule has 2 rings (SSSR count). The third-order valence-electron chi connectivity index (χ3n) is 2.45. The molecule has 6 heteroatoms. The number of imidazole rings is 1. The number of amides is 1. The van der Waals surface area contributed by atoms with E-state index in [1.807, 2.05) is 6.92 Å². The van der Waals surface area contributed by atoms with Gasteiger partial charge in [0, 0.05) is 25.1 Å². The third-order valence-corrected chi connectivity index (χ3v) is 2.45. The maximum Gasteiger partial charge on any atom is 0.255 e. The lowest BCUT2D eigenvalue weighted by Crippen LogP contribution is -2.23. The summed E-state index contributed by atoms with van der Waals surface area (Å²) in [4.78, 5) is 18.7. The Balaban J connectivity index is 2.01. The van der Waals surface area contributed by atoms with Gasteiger partial charge in [-0.2, -0.15) is 5.10 Å². The van der Waals surface area contributed by atoms with Crippen LogP contribution in [0.2, 0.25) is 0 Å². The first-order valence-corrected chi connectivity index (χ1v) is 4.93. The smallest absolute Gasteiger partial charge is 0.255 e. The van der Waals surface area contributed by atoms with Crippen LogP contribution in [0.4, 0.5) is 0 Å². The molecule has 2 aromatic heterocycles. The molecule has 0 saturated heterocycles. The lowest BCUT2D eigenvalue weighted by Gasteiger charge is -2.02. The van der Waals surface area contributed by atoms with E-state index in [0.29, 0.717) is 12.1 Å². The molecule has 0 spiro atoms. The molecule has 0 aromatic carbocycles. The molecule has 0 aliphatic rings. The summed E-state index contributed by atoms with van der Waals surface area (Å²) in [6.07, 6.45) is 4.93. The first-order valence-electron chi connectivity index (χ1n) is 4.93. The predicted octanol–water partition coefficient (Wildman–Crippen LogP) is 0.382. The minimum Gasteiger partial charge on any atom is -0.347 e. The lowest BCUT2D eigenvalue weighted by molar-refractivity contribution is 0.0949. The number of aromatic nitrogens is 4. The number of H-pyrrole nitrogens is 1. The number of nitrogens with one attached hydrogen (secondary N) is 2. The Kier molecular flexibility index (Phi) is 2.72. The van der Waals surface area contributed by atoms with E-state index in [1.54, 1.807) is 30.3 Å². The second kappa shape index (κ2) is 4.18. The number of carbonyl (C=O) groups is 1. The molecular formula is C10H13N5O. The van der Waals surface area contributed by atoms with Gasteiger partial charge in [0.05, 0.1) is 18.3 Å². The summed E-state index contributed by atoms with van der Waals surface area (Å²) in [6.45, 7) is 2.25. The van der Waals surface area contributed by atoms with E-state index < -0.39 is 0 Å². The minimum absolute atomic E-state index is 0.137. The Morgan fingerprint density at radius 2 is 2.44 bits per heavy atom. The summed E-state index contributed by atoms with van der Waals surface area (Å²) in [5, 5.41) is 6.78. The molecule has 2 heterocycles. The van der Waals surface area contributed by atoms with Crippen LogP contribution in [0.15, 0.2) is 18.6 Å². The first kappa shape index (κ1) is 10.4. The number of aryl methyl sites for hydroxylation is 1. The molecule has 0 unspecified atom stereocenters. The normalized spacial score (nSPS) is 10.4. The van der Waals surface area contributed by atoms with E-state index in [4.69, 9.17) is 0 Å². The van der Waals surface area contributed by atoms with Crippen LogP contribution in [0.3, 0.4) is 0 Å². The zero-order valence-electron chi connectivity index (χ0n) is 9.19. The second-order valence-electron chi connectivity index (χ2n) is 3.49. The van der Waals surface area contributed by atoms with Crippen molar-refractivity contribution in [3.8, 4) is 0 Å². The van der Waals surface area contributed by atoms with E-state index >= 15 is 0 Å². The Morgan fingerprint density at radius 1 is 1.62 bits per heavy atom. The average molecular weight is 219 g/mol. The third kappa shape index (κ3) is 1.95. The molecule has 0 bridgehead atoms. The Bertz CT molecular complexity index is 485. The summed E-state index contributed by atoms with van der Waals surface area (Å²) >= 11 is 0. The standard InChI is InChI=1S/C10H13N5O/c1-7-8(5-14-15(7)2)10(16)13-6-9-11-3-4-12-9/h3-5H,6H2,1-2H3,(H,11,12)(H,13,16). The number of aromatic amines is 1. The molecule has 16 heavy (non-hydrogen) atoms. The number of hydrogen-bond donors (Lipinski definition) is 2. The van der Waals surface area contributed by atoms with Crippen LogP contribution in [0.25, 0.3) is 0 Å². The minimum atomic E-state index is -0.137. The molecule has 2 N–H and O–H groups in total. The zero-order chi connectivity index (χ0) is 11.5. The maximum atomic E-state index is 11.8. The van der Waals surface area contributed by atoms with Gasteiger partial charge in [0.1, 0.15) is 5.82 Å². The van der Waals surface area contributed by atoms with E-state index in [1.165, 1.54) is 0 Å². The molecule has 6 nitrogen and oxygen atoms in total. The molecule has 0 aliphatic heterocycles. The van der Waals surface area contributed by atoms with Crippen molar-refractivity contribution in [2.24, 2.45) is 7.05 Å². The second-order valence-corrected chi connectivity index (χ2v) is 3.49. The zero-order valence-corrected chi connectivity index (χ0v) is 9.19. The van der Waals surface area contributed by atoms with Crippen LogP contribution >= 0.6 is 0 Å². The fraction of sp³-hybridized carbons (Fsp3) is 0.300. The molecule has 0 radical (unpaired) electrons. The van der Waals surface area contributed by atoms with Gasteiger partial charge in [0.15, 0.2) is 0 Å². The summed E-state index contributed by atoms with van der Waals surface area (Å²) in [7, 11) is 1.80. The number of rotatable bonds is 3. The van der Waals surface area contributed by atoms with Gasteiger partial charge in [-0.15, -0.1) is 0 Å². The monoisotopic (exact) mass is 219 g/mol. The lowest BCUT2D eigenvalue weighted by atomic mass is 10.2. The van der Waals surface area contributed by atoms with Gasteiger partial charge in [0.25, 0.3) is 5.91 Å². The van der Waals surface area contributed by atoms with Crippen molar-refractivity contribution in [1.82, 2.24) is 25.1 Å². The highest BCUT2D eigenvalue weighted by Crippen LogP contribution is 2.05. The van der Waals surface area contributed by atoms with Crippen molar-refractivity contribution < 1.29 is 4.79 Å². The van der Waals surface area contributed by atoms with Crippen molar-refractivity contribution in [1.29, 1.82) is 0 Å².